The van der Waals surface area contributed by atoms with Gasteiger partial charge in [0.15, 0.2) is 5.69 Å². The molecule has 3 aromatic rings. The normalized spacial score (nSPS) is 14.9. The molecule has 1 aliphatic heterocycles. The highest BCUT2D eigenvalue weighted by atomic mass is 35.5. The first-order valence-electron chi connectivity index (χ1n) is 10.1. The maximum atomic E-state index is 14.0. The number of amides is 1. The van der Waals surface area contributed by atoms with E-state index in [1.807, 2.05) is 0 Å². The molecule has 0 spiro atoms. The third-order valence-corrected chi connectivity index (χ3v) is 7.55. The quantitative estimate of drug-likeness (QED) is 0.560. The molecule has 0 atom stereocenters. The van der Waals surface area contributed by atoms with Gasteiger partial charge in [0, 0.05) is 43.0 Å². The Morgan fingerprint density at radius 1 is 1.03 bits per heavy atom. The number of piperazine rings is 1. The van der Waals surface area contributed by atoms with Crippen LogP contribution in [0.5, 0.6) is 0 Å². The van der Waals surface area contributed by atoms with Crippen molar-refractivity contribution in [1.82, 2.24) is 19.0 Å². The van der Waals surface area contributed by atoms with Gasteiger partial charge in [-0.2, -0.15) is 9.40 Å². The Bertz CT molecular complexity index is 1370. The summed E-state index contributed by atoms with van der Waals surface area (Å²) in [5.41, 5.74) is 0.386. The predicted molar refractivity (Wildman–Crippen MR) is 121 cm³/mol. The molecule has 2 aromatic carbocycles. The van der Waals surface area contributed by atoms with Gasteiger partial charge >= 0.3 is 0 Å². The second kappa shape index (κ2) is 9.05. The smallest absolute Gasteiger partial charge is 0.278 e. The van der Waals surface area contributed by atoms with Crippen LogP contribution in [0.4, 0.5) is 4.39 Å². The van der Waals surface area contributed by atoms with E-state index in [1.165, 1.54) is 33.8 Å². The number of carbonyl (C=O) groups excluding carboxylic acids is 1. The Balaban J connectivity index is 1.55. The van der Waals surface area contributed by atoms with Crippen molar-refractivity contribution in [2.75, 3.05) is 26.2 Å². The molecule has 8 nitrogen and oxygen atoms in total. The van der Waals surface area contributed by atoms with Gasteiger partial charge in [-0.05, 0) is 43.3 Å². The lowest BCUT2D eigenvalue weighted by molar-refractivity contribution is 0.0688. The van der Waals surface area contributed by atoms with E-state index in [0.29, 0.717) is 16.4 Å². The lowest BCUT2D eigenvalue weighted by Crippen LogP contribution is -2.51. The second-order valence-electron chi connectivity index (χ2n) is 7.51. The monoisotopic (exact) mass is 490 g/mol. The van der Waals surface area contributed by atoms with Crippen molar-refractivity contribution in [1.29, 1.82) is 0 Å². The molecule has 1 saturated heterocycles. The van der Waals surface area contributed by atoms with Gasteiger partial charge < -0.3 is 4.90 Å². The Hall–Kier alpha value is -3.08. The Morgan fingerprint density at radius 3 is 2.30 bits per heavy atom. The van der Waals surface area contributed by atoms with E-state index in [0.717, 1.165) is 10.4 Å². The van der Waals surface area contributed by atoms with Crippen LogP contribution in [0.2, 0.25) is 5.02 Å². The fourth-order valence-electron chi connectivity index (χ4n) is 3.61. The summed E-state index contributed by atoms with van der Waals surface area (Å²) in [6.07, 6.45) is 0. The molecular formula is C22H20ClFN4O4S. The van der Waals surface area contributed by atoms with Gasteiger partial charge in [0.2, 0.25) is 15.5 Å². The summed E-state index contributed by atoms with van der Waals surface area (Å²) in [5.74, 6) is -1.42. The highest BCUT2D eigenvalue weighted by Crippen LogP contribution is 2.21. The summed E-state index contributed by atoms with van der Waals surface area (Å²) in [5, 5.41) is 4.80. The summed E-state index contributed by atoms with van der Waals surface area (Å²) in [4.78, 5) is 26.5. The van der Waals surface area contributed by atoms with E-state index in [-0.39, 0.29) is 31.9 Å². The van der Waals surface area contributed by atoms with E-state index in [4.69, 9.17) is 11.6 Å². The molecule has 0 aliphatic carbocycles. The largest absolute Gasteiger partial charge is 0.334 e. The molecule has 33 heavy (non-hydrogen) atoms. The average molecular weight is 491 g/mol. The topological polar surface area (TPSA) is 92.6 Å². The van der Waals surface area contributed by atoms with Gasteiger partial charge in [0.25, 0.3) is 5.91 Å². The van der Waals surface area contributed by atoms with Crippen molar-refractivity contribution < 1.29 is 17.6 Å². The van der Waals surface area contributed by atoms with E-state index < -0.39 is 32.1 Å². The number of rotatable bonds is 4. The molecule has 1 aliphatic rings. The fraction of sp³-hybridized carbons (Fsp3) is 0.227. The van der Waals surface area contributed by atoms with Gasteiger partial charge in [0.1, 0.15) is 10.7 Å². The number of hydrogen-bond donors (Lipinski definition) is 0. The van der Waals surface area contributed by atoms with Crippen molar-refractivity contribution in [3.05, 3.63) is 87.0 Å². The van der Waals surface area contributed by atoms with Crippen LogP contribution in [-0.4, -0.2) is 59.5 Å². The third-order valence-electron chi connectivity index (χ3n) is 5.36. The van der Waals surface area contributed by atoms with Gasteiger partial charge in [0.05, 0.1) is 5.69 Å². The molecular weight excluding hydrogens is 471 g/mol. The molecule has 0 saturated carbocycles. The van der Waals surface area contributed by atoms with Crippen molar-refractivity contribution in [3.63, 3.8) is 0 Å². The zero-order valence-electron chi connectivity index (χ0n) is 17.6. The summed E-state index contributed by atoms with van der Waals surface area (Å²) >= 11 is 5.93. The number of aromatic nitrogens is 2. The summed E-state index contributed by atoms with van der Waals surface area (Å²) < 4.78 is 42.2. The average Bonchev–Trinajstić information content (AvgIpc) is 2.80. The lowest BCUT2D eigenvalue weighted by Gasteiger charge is -2.33. The van der Waals surface area contributed by atoms with E-state index >= 15 is 0 Å². The number of benzene rings is 2. The Morgan fingerprint density at radius 2 is 1.67 bits per heavy atom. The Kier molecular flexibility index (Phi) is 6.33. The van der Waals surface area contributed by atoms with Crippen molar-refractivity contribution in [2.24, 2.45) is 0 Å². The molecule has 0 radical (unpaired) electrons. The van der Waals surface area contributed by atoms with Crippen LogP contribution in [0.1, 0.15) is 16.2 Å². The molecule has 172 valence electrons. The van der Waals surface area contributed by atoms with E-state index in [1.54, 1.807) is 31.2 Å². The molecule has 0 N–H and O–H groups in total. The second-order valence-corrected chi connectivity index (χ2v) is 9.86. The molecule has 1 amide bonds. The van der Waals surface area contributed by atoms with Crippen LogP contribution >= 0.6 is 11.6 Å². The number of sulfonamides is 1. The van der Waals surface area contributed by atoms with Gasteiger partial charge in [-0.15, -0.1) is 0 Å². The van der Waals surface area contributed by atoms with Crippen molar-refractivity contribution in [2.45, 2.75) is 11.8 Å². The number of hydrogen-bond acceptors (Lipinski definition) is 5. The highest BCUT2D eigenvalue weighted by Gasteiger charge is 2.33. The van der Waals surface area contributed by atoms with Crippen LogP contribution < -0.4 is 5.43 Å². The van der Waals surface area contributed by atoms with E-state index in [9.17, 15) is 22.4 Å². The molecule has 2 heterocycles. The molecule has 11 heteroatoms. The molecule has 0 unspecified atom stereocenters. The summed E-state index contributed by atoms with van der Waals surface area (Å²) in [6.45, 7) is 1.73. The SMILES string of the molecule is Cc1cc(=O)c(C(=O)N2CCN(S(=O)(=O)c3ccccc3F)CC2)nn1-c1ccc(Cl)cc1. The number of carbonyl (C=O) groups is 1. The zero-order valence-corrected chi connectivity index (χ0v) is 19.2. The first kappa shape index (κ1) is 23.1. The molecule has 1 fully saturated rings. The minimum Gasteiger partial charge on any atom is -0.334 e. The van der Waals surface area contributed by atoms with Crippen molar-refractivity contribution in [3.8, 4) is 5.69 Å². The maximum Gasteiger partial charge on any atom is 0.278 e. The molecule has 0 bridgehead atoms. The summed E-state index contributed by atoms with van der Waals surface area (Å²) in [7, 11) is -4.04. The van der Waals surface area contributed by atoms with Crippen LogP contribution in [0.3, 0.4) is 0 Å². The van der Waals surface area contributed by atoms with Gasteiger partial charge in [-0.25, -0.2) is 17.5 Å². The number of halogens is 2. The molecule has 4 rings (SSSR count). The standard InChI is InChI=1S/C22H20ClFN4O4S/c1-15-14-19(29)21(25-28(15)17-8-6-16(23)7-9-17)22(30)26-10-12-27(13-11-26)33(31,32)20-5-3-2-4-18(20)24/h2-9,14H,10-13H2,1H3. The zero-order chi connectivity index (χ0) is 23.8. The number of aryl methyl sites for hydroxylation is 1. The van der Waals surface area contributed by atoms with Gasteiger partial charge in [-0.1, -0.05) is 23.7 Å². The minimum absolute atomic E-state index is 0.0281. The number of nitrogens with zero attached hydrogens (tertiary/aromatic N) is 4. The molecule has 1 aromatic heterocycles. The van der Waals surface area contributed by atoms with Gasteiger partial charge in [-0.3, -0.25) is 9.59 Å². The lowest BCUT2D eigenvalue weighted by atomic mass is 10.2. The van der Waals surface area contributed by atoms with E-state index in [2.05, 4.69) is 5.10 Å². The maximum absolute atomic E-state index is 14.0. The predicted octanol–water partition coefficient (Wildman–Crippen LogP) is 2.48. The fourth-order valence-corrected chi connectivity index (χ4v) is 5.23. The summed E-state index contributed by atoms with van der Waals surface area (Å²) in [6, 6.07) is 13.3. The Labute approximate surface area is 194 Å². The first-order valence-corrected chi connectivity index (χ1v) is 11.9. The van der Waals surface area contributed by atoms with Crippen LogP contribution in [-0.2, 0) is 10.0 Å². The van der Waals surface area contributed by atoms with Crippen LogP contribution in [0, 0.1) is 12.7 Å². The minimum atomic E-state index is -4.04. The third kappa shape index (κ3) is 4.54. The first-order chi connectivity index (χ1) is 15.7. The highest BCUT2D eigenvalue weighted by molar-refractivity contribution is 7.89. The van der Waals surface area contributed by atoms with Crippen molar-refractivity contribution >= 4 is 27.5 Å². The van der Waals surface area contributed by atoms with Crippen LogP contribution in [0.25, 0.3) is 5.69 Å². The van der Waals surface area contributed by atoms with Crippen LogP contribution in [0.15, 0.2) is 64.3 Å².